The molecule has 6 nitrogen and oxygen atoms in total. The zero-order chi connectivity index (χ0) is 16.4. The van der Waals surface area contributed by atoms with Crippen molar-refractivity contribution in [2.24, 2.45) is 0 Å². The minimum Gasteiger partial charge on any atom is -0.356 e. The van der Waals surface area contributed by atoms with E-state index in [0.717, 1.165) is 29.1 Å². The number of hydrogen-bond donors (Lipinski definition) is 1. The molecule has 0 atom stereocenters. The van der Waals surface area contributed by atoms with Crippen LogP contribution in [0, 0.1) is 0 Å². The summed E-state index contributed by atoms with van der Waals surface area (Å²) in [5.41, 5.74) is 3.29. The van der Waals surface area contributed by atoms with E-state index in [4.69, 9.17) is 0 Å². The Morgan fingerprint density at radius 3 is 2.83 bits per heavy atom. The monoisotopic (exact) mass is 339 g/mol. The molecule has 1 saturated heterocycles. The van der Waals surface area contributed by atoms with Crippen molar-refractivity contribution in [3.63, 3.8) is 0 Å². The van der Waals surface area contributed by atoms with Crippen LogP contribution in [0.4, 0.5) is 11.6 Å². The van der Waals surface area contributed by atoms with Crippen molar-refractivity contribution in [2.45, 2.75) is 19.3 Å². The maximum atomic E-state index is 12.5. The van der Waals surface area contributed by atoms with E-state index < -0.39 is 0 Å². The van der Waals surface area contributed by atoms with E-state index in [1.54, 1.807) is 11.6 Å². The minimum atomic E-state index is -0.173. The number of carbonyl (C=O) groups excluding carboxylic acids is 1. The van der Waals surface area contributed by atoms with Crippen LogP contribution >= 0.6 is 11.3 Å². The molecule has 1 aliphatic heterocycles. The average Bonchev–Trinajstić information content (AvgIpc) is 3.10. The number of amides is 1. The SMILES string of the molecule is O=C(Nc1cc(N2CCCCC2)ncn1)c1ccc2ncsc2c1. The van der Waals surface area contributed by atoms with Gasteiger partial charge in [0.05, 0.1) is 15.7 Å². The zero-order valence-corrected chi connectivity index (χ0v) is 13.9. The van der Waals surface area contributed by atoms with Crippen molar-refractivity contribution >= 4 is 39.1 Å². The van der Waals surface area contributed by atoms with Crippen molar-refractivity contribution in [1.29, 1.82) is 0 Å². The molecular weight excluding hydrogens is 322 g/mol. The van der Waals surface area contributed by atoms with E-state index in [-0.39, 0.29) is 5.91 Å². The zero-order valence-electron chi connectivity index (χ0n) is 13.1. The average molecular weight is 339 g/mol. The third-order valence-electron chi connectivity index (χ3n) is 4.17. The van der Waals surface area contributed by atoms with Gasteiger partial charge in [-0.25, -0.2) is 15.0 Å². The van der Waals surface area contributed by atoms with Gasteiger partial charge in [-0.1, -0.05) is 0 Å². The Bertz CT molecular complexity index is 872. The van der Waals surface area contributed by atoms with E-state index in [1.807, 2.05) is 18.2 Å². The predicted molar refractivity (Wildman–Crippen MR) is 95.7 cm³/mol. The fourth-order valence-electron chi connectivity index (χ4n) is 2.90. The van der Waals surface area contributed by atoms with Gasteiger partial charge in [-0.05, 0) is 37.5 Å². The molecule has 2 aromatic heterocycles. The number of piperidine rings is 1. The number of benzene rings is 1. The van der Waals surface area contributed by atoms with Crippen LogP contribution in [0.25, 0.3) is 10.2 Å². The van der Waals surface area contributed by atoms with Crippen molar-refractivity contribution in [3.05, 3.63) is 41.7 Å². The minimum absolute atomic E-state index is 0.173. The number of hydrogen-bond acceptors (Lipinski definition) is 6. The van der Waals surface area contributed by atoms with Crippen LogP contribution in [0.5, 0.6) is 0 Å². The molecule has 0 radical (unpaired) electrons. The van der Waals surface area contributed by atoms with Gasteiger partial charge in [-0.3, -0.25) is 4.79 Å². The summed E-state index contributed by atoms with van der Waals surface area (Å²) in [5.74, 6) is 1.23. The molecule has 3 heterocycles. The van der Waals surface area contributed by atoms with Crippen LogP contribution in [0.15, 0.2) is 36.1 Å². The van der Waals surface area contributed by atoms with E-state index in [2.05, 4.69) is 25.2 Å². The van der Waals surface area contributed by atoms with Gasteiger partial charge < -0.3 is 10.2 Å². The summed E-state index contributed by atoms with van der Waals surface area (Å²) in [6.45, 7) is 2.01. The molecule has 0 unspecified atom stereocenters. The third-order valence-corrected chi connectivity index (χ3v) is 4.96. The van der Waals surface area contributed by atoms with Crippen LogP contribution < -0.4 is 10.2 Å². The number of nitrogens with one attached hydrogen (secondary N) is 1. The number of aromatic nitrogens is 3. The number of anilines is 2. The highest BCUT2D eigenvalue weighted by atomic mass is 32.1. The molecule has 0 spiro atoms. The van der Waals surface area contributed by atoms with Crippen molar-refractivity contribution < 1.29 is 4.79 Å². The summed E-state index contributed by atoms with van der Waals surface area (Å²) in [4.78, 5) is 27.4. The number of carbonyl (C=O) groups is 1. The summed E-state index contributed by atoms with van der Waals surface area (Å²) in [6, 6.07) is 7.34. The van der Waals surface area contributed by atoms with Crippen LogP contribution in [0.1, 0.15) is 29.6 Å². The molecule has 24 heavy (non-hydrogen) atoms. The van der Waals surface area contributed by atoms with Gasteiger partial charge in [0.15, 0.2) is 0 Å². The lowest BCUT2D eigenvalue weighted by Gasteiger charge is -2.27. The summed E-state index contributed by atoms with van der Waals surface area (Å²) in [5, 5.41) is 2.86. The number of fused-ring (bicyclic) bond motifs is 1. The molecule has 1 aliphatic rings. The predicted octanol–water partition coefficient (Wildman–Crippen LogP) is 3.33. The van der Waals surface area contributed by atoms with Gasteiger partial charge in [-0.15, -0.1) is 11.3 Å². The quantitative estimate of drug-likeness (QED) is 0.792. The first-order valence-corrected chi connectivity index (χ1v) is 8.89. The van der Waals surface area contributed by atoms with Crippen molar-refractivity contribution in [1.82, 2.24) is 15.0 Å². The van der Waals surface area contributed by atoms with E-state index in [9.17, 15) is 4.79 Å². The molecule has 0 aliphatic carbocycles. The maximum Gasteiger partial charge on any atom is 0.256 e. The Morgan fingerprint density at radius 2 is 1.96 bits per heavy atom. The van der Waals surface area contributed by atoms with Gasteiger partial charge in [0.1, 0.15) is 18.0 Å². The van der Waals surface area contributed by atoms with Gasteiger partial charge in [0.25, 0.3) is 5.91 Å². The Morgan fingerprint density at radius 1 is 1.08 bits per heavy atom. The number of nitrogens with zero attached hydrogens (tertiary/aromatic N) is 4. The van der Waals surface area contributed by atoms with Crippen molar-refractivity contribution in [3.8, 4) is 0 Å². The molecule has 0 bridgehead atoms. The Balaban J connectivity index is 1.52. The summed E-state index contributed by atoms with van der Waals surface area (Å²) < 4.78 is 0.999. The van der Waals surface area contributed by atoms with Crippen LogP contribution in [-0.2, 0) is 0 Å². The normalized spacial score (nSPS) is 14.8. The third kappa shape index (κ3) is 3.07. The molecule has 1 aromatic carbocycles. The van der Waals surface area contributed by atoms with Gasteiger partial charge >= 0.3 is 0 Å². The molecule has 1 amide bonds. The molecule has 0 saturated carbocycles. The van der Waals surface area contributed by atoms with Crippen LogP contribution in [-0.4, -0.2) is 33.9 Å². The molecular formula is C17H17N5OS. The molecule has 122 valence electrons. The largest absolute Gasteiger partial charge is 0.356 e. The van der Waals surface area contributed by atoms with E-state index in [0.29, 0.717) is 11.4 Å². The summed E-state index contributed by atoms with van der Waals surface area (Å²) in [6.07, 6.45) is 5.14. The molecule has 3 aromatic rings. The highest BCUT2D eigenvalue weighted by Crippen LogP contribution is 2.21. The maximum absolute atomic E-state index is 12.5. The smallest absolute Gasteiger partial charge is 0.256 e. The first-order chi connectivity index (χ1) is 11.8. The Labute approximate surface area is 143 Å². The molecule has 1 fully saturated rings. The fraction of sp³-hybridized carbons (Fsp3) is 0.294. The Hall–Kier alpha value is -2.54. The lowest BCUT2D eigenvalue weighted by molar-refractivity contribution is 0.102. The highest BCUT2D eigenvalue weighted by molar-refractivity contribution is 7.16. The topological polar surface area (TPSA) is 71.0 Å². The Kier molecular flexibility index (Phi) is 4.08. The second-order valence-corrected chi connectivity index (χ2v) is 6.68. The molecule has 1 N–H and O–H groups in total. The lowest BCUT2D eigenvalue weighted by Crippen LogP contribution is -2.30. The second kappa shape index (κ2) is 6.52. The van der Waals surface area contributed by atoms with E-state index in [1.165, 1.54) is 36.9 Å². The summed E-state index contributed by atoms with van der Waals surface area (Å²) in [7, 11) is 0. The van der Waals surface area contributed by atoms with Gasteiger partial charge in [0.2, 0.25) is 0 Å². The van der Waals surface area contributed by atoms with Crippen molar-refractivity contribution in [2.75, 3.05) is 23.3 Å². The second-order valence-electron chi connectivity index (χ2n) is 5.80. The molecule has 7 heteroatoms. The first kappa shape index (κ1) is 15.0. The van der Waals surface area contributed by atoms with Gasteiger partial charge in [-0.2, -0.15) is 0 Å². The standard InChI is InChI=1S/C17H17N5OS/c23-17(12-4-5-13-14(8-12)24-11-20-13)21-15-9-16(19-10-18-15)22-6-2-1-3-7-22/h4-5,8-11H,1-3,6-7H2,(H,18,19,21,23). The van der Waals surface area contributed by atoms with E-state index >= 15 is 0 Å². The first-order valence-electron chi connectivity index (χ1n) is 8.01. The molecule has 4 rings (SSSR count). The van der Waals surface area contributed by atoms with Gasteiger partial charge in [0, 0.05) is 24.7 Å². The van der Waals surface area contributed by atoms with Crippen LogP contribution in [0.3, 0.4) is 0 Å². The highest BCUT2D eigenvalue weighted by Gasteiger charge is 2.14. The summed E-state index contributed by atoms with van der Waals surface area (Å²) >= 11 is 1.52. The van der Waals surface area contributed by atoms with Crippen LogP contribution in [0.2, 0.25) is 0 Å². The fourth-order valence-corrected chi connectivity index (χ4v) is 3.61. The lowest BCUT2D eigenvalue weighted by atomic mass is 10.1. The number of rotatable bonds is 3. The number of thiazole rings is 1.